The predicted octanol–water partition coefficient (Wildman–Crippen LogP) is 2.91. The average Bonchev–Trinajstić information content (AvgIpc) is 2.91. The molecule has 2 aromatic heterocycles. The van der Waals surface area contributed by atoms with Crippen LogP contribution in [0.2, 0.25) is 0 Å². The normalized spacial score (nSPS) is 12.7. The Balaban J connectivity index is 1.90. The van der Waals surface area contributed by atoms with E-state index in [9.17, 15) is 0 Å². The second-order valence-corrected chi connectivity index (χ2v) is 5.68. The maximum atomic E-state index is 5.75. The number of thioether (sulfide) groups is 1. The number of aromatic nitrogens is 3. The van der Waals surface area contributed by atoms with Crippen LogP contribution in [0.25, 0.3) is 5.65 Å². The summed E-state index contributed by atoms with van der Waals surface area (Å²) in [6.45, 7) is 0.656. The molecule has 102 valence electrons. The van der Waals surface area contributed by atoms with Crippen LogP contribution in [0.5, 0.6) is 0 Å². The highest BCUT2D eigenvalue weighted by atomic mass is 32.2. The van der Waals surface area contributed by atoms with Gasteiger partial charge in [0.15, 0.2) is 10.8 Å². The summed E-state index contributed by atoms with van der Waals surface area (Å²) in [7, 11) is 0. The van der Waals surface area contributed by atoms with Crippen LogP contribution >= 0.6 is 11.8 Å². The number of fused-ring (bicyclic) bond motifs is 1. The Morgan fingerprint density at radius 1 is 1.05 bits per heavy atom. The zero-order valence-corrected chi connectivity index (χ0v) is 11.8. The van der Waals surface area contributed by atoms with E-state index in [0.717, 1.165) is 17.2 Å². The van der Waals surface area contributed by atoms with Crippen LogP contribution < -0.4 is 5.73 Å². The fourth-order valence-corrected chi connectivity index (χ4v) is 3.30. The fraction of sp³-hybridized carbons (Fsp3) is 0.200. The Morgan fingerprint density at radius 2 is 1.85 bits per heavy atom. The number of benzene rings is 1. The highest BCUT2D eigenvalue weighted by Gasteiger charge is 2.16. The second kappa shape index (κ2) is 6.07. The number of pyridine rings is 1. The Bertz CT molecular complexity index is 680. The molecule has 0 spiro atoms. The minimum absolute atomic E-state index is 0.300. The summed E-state index contributed by atoms with van der Waals surface area (Å²) in [4.78, 5) is 0. The van der Waals surface area contributed by atoms with Crippen molar-refractivity contribution in [2.45, 2.75) is 16.8 Å². The summed E-state index contributed by atoms with van der Waals surface area (Å²) < 4.78 is 2.01. The Labute approximate surface area is 122 Å². The number of rotatable bonds is 5. The molecule has 2 heterocycles. The molecule has 0 aliphatic rings. The van der Waals surface area contributed by atoms with Crippen molar-refractivity contribution < 1.29 is 0 Å². The molecule has 3 aromatic rings. The van der Waals surface area contributed by atoms with Gasteiger partial charge in [0.2, 0.25) is 0 Å². The van der Waals surface area contributed by atoms with E-state index in [0.29, 0.717) is 11.8 Å². The zero-order chi connectivity index (χ0) is 13.8. The topological polar surface area (TPSA) is 56.2 Å². The van der Waals surface area contributed by atoms with Gasteiger partial charge in [-0.15, -0.1) is 10.2 Å². The molecule has 2 N–H and O–H groups in total. The molecule has 0 radical (unpaired) electrons. The average molecular weight is 284 g/mol. The minimum Gasteiger partial charge on any atom is -0.330 e. The van der Waals surface area contributed by atoms with Gasteiger partial charge in [-0.3, -0.25) is 4.40 Å². The molecule has 0 aliphatic heterocycles. The van der Waals surface area contributed by atoms with Crippen molar-refractivity contribution in [2.24, 2.45) is 5.73 Å². The molecule has 20 heavy (non-hydrogen) atoms. The standard InChI is InChI=1S/C15H16N4S/c16-10-9-13(12-6-2-1-3-7-12)20-15-18-17-14-8-4-5-11-19(14)15/h1-8,11,13H,9-10,16H2. The number of nitrogens with zero attached hydrogens (tertiary/aromatic N) is 3. The van der Waals surface area contributed by atoms with Gasteiger partial charge in [0, 0.05) is 11.4 Å². The van der Waals surface area contributed by atoms with Crippen molar-refractivity contribution in [3.8, 4) is 0 Å². The first-order chi connectivity index (χ1) is 9.88. The lowest BCUT2D eigenvalue weighted by Gasteiger charge is -2.14. The molecule has 1 unspecified atom stereocenters. The van der Waals surface area contributed by atoms with Gasteiger partial charge in [-0.1, -0.05) is 48.2 Å². The van der Waals surface area contributed by atoms with Gasteiger partial charge < -0.3 is 5.73 Å². The monoisotopic (exact) mass is 284 g/mol. The molecule has 0 saturated carbocycles. The molecule has 0 saturated heterocycles. The first-order valence-corrected chi connectivity index (χ1v) is 7.48. The van der Waals surface area contributed by atoms with Crippen LogP contribution in [-0.2, 0) is 0 Å². The van der Waals surface area contributed by atoms with Crippen LogP contribution in [-0.4, -0.2) is 21.1 Å². The minimum atomic E-state index is 0.300. The highest BCUT2D eigenvalue weighted by Crippen LogP contribution is 2.36. The van der Waals surface area contributed by atoms with E-state index in [1.165, 1.54) is 5.56 Å². The van der Waals surface area contributed by atoms with E-state index in [-0.39, 0.29) is 0 Å². The summed E-state index contributed by atoms with van der Waals surface area (Å²) in [5, 5.41) is 9.67. The quantitative estimate of drug-likeness (QED) is 0.732. The van der Waals surface area contributed by atoms with Crippen molar-refractivity contribution in [3.63, 3.8) is 0 Å². The van der Waals surface area contributed by atoms with Crippen LogP contribution in [0.15, 0.2) is 59.9 Å². The third-order valence-electron chi connectivity index (χ3n) is 3.13. The van der Waals surface area contributed by atoms with E-state index in [2.05, 4.69) is 34.5 Å². The number of nitrogens with two attached hydrogens (primary N) is 1. The molecule has 3 rings (SSSR count). The molecule has 4 nitrogen and oxygen atoms in total. The highest BCUT2D eigenvalue weighted by molar-refractivity contribution is 7.99. The number of hydrogen-bond acceptors (Lipinski definition) is 4. The van der Waals surface area contributed by atoms with Gasteiger partial charge in [-0.2, -0.15) is 0 Å². The Kier molecular flexibility index (Phi) is 3.99. The van der Waals surface area contributed by atoms with Crippen LogP contribution in [0.3, 0.4) is 0 Å². The predicted molar refractivity (Wildman–Crippen MR) is 81.7 cm³/mol. The van der Waals surface area contributed by atoms with Gasteiger partial charge in [0.1, 0.15) is 0 Å². The van der Waals surface area contributed by atoms with Crippen molar-refractivity contribution in [3.05, 3.63) is 60.3 Å². The molecule has 0 amide bonds. The van der Waals surface area contributed by atoms with Gasteiger partial charge in [0.05, 0.1) is 0 Å². The Hall–Kier alpha value is -1.85. The molecule has 0 fully saturated rings. The smallest absolute Gasteiger partial charge is 0.196 e. The van der Waals surface area contributed by atoms with E-state index in [1.807, 2.05) is 34.9 Å². The van der Waals surface area contributed by atoms with E-state index in [1.54, 1.807) is 11.8 Å². The summed E-state index contributed by atoms with van der Waals surface area (Å²) in [5.74, 6) is 0. The third kappa shape index (κ3) is 2.69. The van der Waals surface area contributed by atoms with Crippen molar-refractivity contribution >= 4 is 17.4 Å². The lowest BCUT2D eigenvalue weighted by Crippen LogP contribution is -2.05. The van der Waals surface area contributed by atoms with Crippen LogP contribution in [0.1, 0.15) is 17.2 Å². The first-order valence-electron chi connectivity index (χ1n) is 6.60. The van der Waals surface area contributed by atoms with E-state index in [4.69, 9.17) is 5.73 Å². The van der Waals surface area contributed by atoms with Crippen molar-refractivity contribution in [1.82, 2.24) is 14.6 Å². The summed E-state index contributed by atoms with van der Waals surface area (Å²) in [6.07, 6.45) is 2.90. The van der Waals surface area contributed by atoms with Gasteiger partial charge in [0.25, 0.3) is 0 Å². The van der Waals surface area contributed by atoms with Crippen LogP contribution in [0, 0.1) is 0 Å². The summed E-state index contributed by atoms with van der Waals surface area (Å²) in [6, 6.07) is 16.3. The van der Waals surface area contributed by atoms with Crippen molar-refractivity contribution in [2.75, 3.05) is 6.54 Å². The zero-order valence-electron chi connectivity index (χ0n) is 11.0. The maximum Gasteiger partial charge on any atom is 0.196 e. The lowest BCUT2D eigenvalue weighted by atomic mass is 10.1. The third-order valence-corrected chi connectivity index (χ3v) is 4.41. The Morgan fingerprint density at radius 3 is 2.65 bits per heavy atom. The SMILES string of the molecule is NCCC(Sc1nnc2ccccn12)c1ccccc1. The second-order valence-electron chi connectivity index (χ2n) is 4.51. The largest absolute Gasteiger partial charge is 0.330 e. The van der Waals surface area contributed by atoms with Gasteiger partial charge in [-0.25, -0.2) is 0 Å². The summed E-state index contributed by atoms with van der Waals surface area (Å²) in [5.41, 5.74) is 7.90. The summed E-state index contributed by atoms with van der Waals surface area (Å²) >= 11 is 1.71. The molecule has 0 bridgehead atoms. The van der Waals surface area contributed by atoms with E-state index >= 15 is 0 Å². The van der Waals surface area contributed by atoms with Crippen molar-refractivity contribution in [1.29, 1.82) is 0 Å². The van der Waals surface area contributed by atoms with Gasteiger partial charge in [-0.05, 0) is 30.7 Å². The molecule has 1 aromatic carbocycles. The maximum absolute atomic E-state index is 5.75. The molecular weight excluding hydrogens is 268 g/mol. The molecule has 0 aliphatic carbocycles. The van der Waals surface area contributed by atoms with E-state index < -0.39 is 0 Å². The van der Waals surface area contributed by atoms with Crippen LogP contribution in [0.4, 0.5) is 0 Å². The van der Waals surface area contributed by atoms with Gasteiger partial charge >= 0.3 is 0 Å². The fourth-order valence-electron chi connectivity index (χ4n) is 2.14. The number of hydrogen-bond donors (Lipinski definition) is 1. The first kappa shape index (κ1) is 13.1. The lowest BCUT2D eigenvalue weighted by molar-refractivity contribution is 0.804. The molecular formula is C15H16N4S. The molecule has 5 heteroatoms. The molecule has 1 atom stereocenters.